The van der Waals surface area contributed by atoms with E-state index in [1.807, 2.05) is 0 Å². The second-order valence-electron chi connectivity index (χ2n) is 13.1. The van der Waals surface area contributed by atoms with Crippen molar-refractivity contribution in [1.29, 1.82) is 0 Å². The molecule has 0 spiro atoms. The third kappa shape index (κ3) is 35.0. The minimum atomic E-state index is -0.722. The number of carboxylic acids is 1. The van der Waals surface area contributed by atoms with Crippen LogP contribution in [0.3, 0.4) is 0 Å². The van der Waals surface area contributed by atoms with E-state index in [-0.39, 0.29) is 18.5 Å². The molecule has 0 aromatic carbocycles. The smallest absolute Gasteiger partial charge is 0.306 e. The molecule has 4 heteroatoms. The highest BCUT2D eigenvalue weighted by Crippen LogP contribution is 2.19. The summed E-state index contributed by atoms with van der Waals surface area (Å²) in [5.41, 5.74) is 0. The molecule has 1 atom stereocenters. The Morgan fingerprint density at radius 2 is 0.837 bits per heavy atom. The number of carbonyl (C=O) groups is 2. The van der Waals surface area contributed by atoms with E-state index in [1.165, 1.54) is 141 Å². The van der Waals surface area contributed by atoms with Crippen LogP contribution >= 0.6 is 0 Å². The molecule has 0 aliphatic carbocycles. The highest BCUT2D eigenvalue weighted by Gasteiger charge is 2.14. The topological polar surface area (TPSA) is 63.6 Å². The van der Waals surface area contributed by atoms with Gasteiger partial charge in [-0.2, -0.15) is 0 Å². The van der Waals surface area contributed by atoms with Crippen LogP contribution in [-0.2, 0) is 14.3 Å². The lowest BCUT2D eigenvalue weighted by Gasteiger charge is -2.18. The van der Waals surface area contributed by atoms with Gasteiger partial charge in [-0.25, -0.2) is 0 Å². The van der Waals surface area contributed by atoms with Gasteiger partial charge in [0.1, 0.15) is 6.10 Å². The molecule has 0 radical (unpaired) electrons. The molecule has 43 heavy (non-hydrogen) atoms. The summed E-state index contributed by atoms with van der Waals surface area (Å²) in [5, 5.41) is 8.88. The van der Waals surface area contributed by atoms with Gasteiger partial charge in [-0.15, -0.1) is 0 Å². The molecule has 0 saturated heterocycles. The summed E-state index contributed by atoms with van der Waals surface area (Å²) in [6, 6.07) is 0. The summed E-state index contributed by atoms with van der Waals surface area (Å²) in [7, 11) is 0. The maximum atomic E-state index is 12.6. The number of hydrogen-bond donors (Lipinski definition) is 1. The van der Waals surface area contributed by atoms with E-state index in [2.05, 4.69) is 26.0 Å². The van der Waals surface area contributed by atoms with Crippen LogP contribution in [0, 0.1) is 0 Å². The van der Waals surface area contributed by atoms with Gasteiger partial charge in [-0.05, 0) is 64.2 Å². The number of carboxylic acid groups (broad SMARTS) is 1. The Morgan fingerprint density at radius 1 is 0.488 bits per heavy atom. The Labute approximate surface area is 268 Å². The highest BCUT2D eigenvalue weighted by molar-refractivity contribution is 5.69. The van der Waals surface area contributed by atoms with Gasteiger partial charge >= 0.3 is 11.9 Å². The quantitative estimate of drug-likeness (QED) is 0.0443. The first kappa shape index (κ1) is 41.7. The zero-order valence-corrected chi connectivity index (χ0v) is 29.0. The molecule has 0 aliphatic heterocycles. The van der Waals surface area contributed by atoms with Crippen LogP contribution in [0.15, 0.2) is 12.2 Å². The molecule has 0 bridgehead atoms. The number of allylic oxidation sites excluding steroid dienone is 2. The highest BCUT2D eigenvalue weighted by atomic mass is 16.5. The largest absolute Gasteiger partial charge is 0.481 e. The molecule has 1 unspecified atom stereocenters. The number of rotatable bonds is 35. The predicted octanol–water partition coefficient (Wildman–Crippen LogP) is 13.1. The fourth-order valence-corrected chi connectivity index (χ4v) is 5.89. The predicted molar refractivity (Wildman–Crippen MR) is 186 cm³/mol. The van der Waals surface area contributed by atoms with Crippen LogP contribution in [0.25, 0.3) is 0 Å². The molecule has 0 rings (SSSR count). The minimum Gasteiger partial charge on any atom is -0.481 e. The fraction of sp³-hybridized carbons (Fsp3) is 0.897. The van der Waals surface area contributed by atoms with Crippen molar-refractivity contribution in [2.45, 2.75) is 225 Å². The number of unbranched alkanes of at least 4 members (excludes halogenated alkanes) is 24. The average Bonchev–Trinajstić information content (AvgIpc) is 2.99. The van der Waals surface area contributed by atoms with E-state index in [0.717, 1.165) is 44.9 Å². The van der Waals surface area contributed by atoms with Gasteiger partial charge in [0.05, 0.1) is 0 Å². The first-order valence-corrected chi connectivity index (χ1v) is 19.2. The van der Waals surface area contributed by atoms with Gasteiger partial charge in [0.25, 0.3) is 0 Å². The van der Waals surface area contributed by atoms with E-state index in [9.17, 15) is 9.59 Å². The molecule has 0 aromatic rings. The van der Waals surface area contributed by atoms with Crippen LogP contribution in [0.2, 0.25) is 0 Å². The SMILES string of the molecule is CCCCCC/C=C\CCCCCCCCC(=O)OC(CCCCCCCCCCCCCCC)CCCCCC(=O)O. The Balaban J connectivity index is 3.94. The van der Waals surface area contributed by atoms with Crippen molar-refractivity contribution in [2.24, 2.45) is 0 Å². The van der Waals surface area contributed by atoms with Crippen LogP contribution in [0.4, 0.5) is 0 Å². The summed E-state index contributed by atoms with van der Waals surface area (Å²) in [6.45, 7) is 4.54. The molecule has 1 N–H and O–H groups in total. The van der Waals surface area contributed by atoms with Crippen LogP contribution in [-0.4, -0.2) is 23.1 Å². The third-order valence-corrected chi connectivity index (χ3v) is 8.74. The third-order valence-electron chi connectivity index (χ3n) is 8.74. The Hall–Kier alpha value is -1.32. The van der Waals surface area contributed by atoms with Crippen molar-refractivity contribution in [1.82, 2.24) is 0 Å². The summed E-state index contributed by atoms with van der Waals surface area (Å²) in [5.74, 6) is -0.755. The van der Waals surface area contributed by atoms with Gasteiger partial charge in [0, 0.05) is 12.8 Å². The molecular formula is C39H74O4. The molecule has 4 nitrogen and oxygen atoms in total. The van der Waals surface area contributed by atoms with Crippen molar-refractivity contribution >= 4 is 11.9 Å². The van der Waals surface area contributed by atoms with Gasteiger partial charge in [0.2, 0.25) is 0 Å². The van der Waals surface area contributed by atoms with Crippen LogP contribution in [0.5, 0.6) is 0 Å². The maximum Gasteiger partial charge on any atom is 0.306 e. The van der Waals surface area contributed by atoms with Gasteiger partial charge in [-0.3, -0.25) is 9.59 Å². The zero-order valence-electron chi connectivity index (χ0n) is 29.0. The van der Waals surface area contributed by atoms with Crippen molar-refractivity contribution in [3.63, 3.8) is 0 Å². The molecule has 0 heterocycles. The molecule has 0 aromatic heterocycles. The molecule has 0 aliphatic rings. The van der Waals surface area contributed by atoms with Crippen LogP contribution < -0.4 is 0 Å². The number of aliphatic carboxylic acids is 1. The van der Waals surface area contributed by atoms with Gasteiger partial charge < -0.3 is 9.84 Å². The Bertz CT molecular complexity index is 614. The molecule has 0 saturated carbocycles. The van der Waals surface area contributed by atoms with E-state index < -0.39 is 5.97 Å². The fourth-order valence-electron chi connectivity index (χ4n) is 5.89. The monoisotopic (exact) mass is 607 g/mol. The lowest BCUT2D eigenvalue weighted by Crippen LogP contribution is -2.18. The first-order valence-electron chi connectivity index (χ1n) is 19.2. The summed E-state index contributed by atoms with van der Waals surface area (Å²) >= 11 is 0. The standard InChI is InChI=1S/C39H74O4/c1-3-5-7-9-11-13-15-17-19-21-23-25-27-32-36-39(42)43-37(34-30-28-31-35-38(40)41)33-29-26-24-22-20-18-16-14-12-10-8-6-4-2/h13,15,37H,3-12,14,16-36H2,1-2H3,(H,40,41)/b15-13-. The zero-order chi connectivity index (χ0) is 31.5. The normalized spacial score (nSPS) is 12.2. The second-order valence-corrected chi connectivity index (χ2v) is 13.1. The van der Waals surface area contributed by atoms with Crippen molar-refractivity contribution in [2.75, 3.05) is 0 Å². The molecule has 0 amide bonds. The van der Waals surface area contributed by atoms with Crippen molar-refractivity contribution in [3.05, 3.63) is 12.2 Å². The van der Waals surface area contributed by atoms with Gasteiger partial charge in [-0.1, -0.05) is 154 Å². The first-order chi connectivity index (χ1) is 21.1. The Kier molecular flexibility index (Phi) is 34.1. The van der Waals surface area contributed by atoms with E-state index in [0.29, 0.717) is 12.8 Å². The number of esters is 1. The van der Waals surface area contributed by atoms with Crippen molar-refractivity contribution in [3.8, 4) is 0 Å². The average molecular weight is 607 g/mol. The maximum absolute atomic E-state index is 12.6. The van der Waals surface area contributed by atoms with E-state index in [4.69, 9.17) is 9.84 Å². The van der Waals surface area contributed by atoms with Crippen molar-refractivity contribution < 1.29 is 19.4 Å². The molecule has 254 valence electrons. The summed E-state index contributed by atoms with van der Waals surface area (Å²) in [6.07, 6.45) is 42.2. The summed E-state index contributed by atoms with van der Waals surface area (Å²) in [4.78, 5) is 23.4. The molecule has 0 fully saturated rings. The van der Waals surface area contributed by atoms with E-state index >= 15 is 0 Å². The lowest BCUT2D eigenvalue weighted by atomic mass is 10.0. The molecular weight excluding hydrogens is 532 g/mol. The number of hydrogen-bond acceptors (Lipinski definition) is 3. The number of ether oxygens (including phenoxy) is 1. The van der Waals surface area contributed by atoms with Crippen LogP contribution in [0.1, 0.15) is 219 Å². The Morgan fingerprint density at radius 3 is 1.30 bits per heavy atom. The number of carbonyl (C=O) groups excluding carboxylic acids is 1. The second kappa shape index (κ2) is 35.2. The lowest BCUT2D eigenvalue weighted by molar-refractivity contribution is -0.150. The minimum absolute atomic E-state index is 0.00439. The summed E-state index contributed by atoms with van der Waals surface area (Å²) < 4.78 is 5.94. The van der Waals surface area contributed by atoms with Gasteiger partial charge in [0.15, 0.2) is 0 Å². The van der Waals surface area contributed by atoms with E-state index in [1.54, 1.807) is 0 Å².